The fourth-order valence-corrected chi connectivity index (χ4v) is 11.8. The summed E-state index contributed by atoms with van der Waals surface area (Å²) in [6, 6.07) is 95.6. The lowest BCUT2D eigenvalue weighted by molar-refractivity contribution is 0.669. The molecule has 1 aromatic heterocycles. The molecule has 2 heteroatoms. The summed E-state index contributed by atoms with van der Waals surface area (Å²) in [5.74, 6) is 0. The molecule has 0 aliphatic heterocycles. The van der Waals surface area contributed by atoms with E-state index in [1.54, 1.807) is 0 Å². The Balaban J connectivity index is 1.02. The highest BCUT2D eigenvalue weighted by Gasteiger charge is 2.51. The molecule has 0 saturated heterocycles. The summed E-state index contributed by atoms with van der Waals surface area (Å²) >= 11 is 0. The Hall–Kier alpha value is -8.98. The maximum atomic E-state index is 6.51. The average Bonchev–Trinajstić information content (AvgIpc) is 4.06. The predicted molar refractivity (Wildman–Crippen MR) is 286 cm³/mol. The Kier molecular flexibility index (Phi) is 8.84. The monoisotopic (exact) mass is 877 g/mol. The van der Waals surface area contributed by atoms with Crippen molar-refractivity contribution in [2.75, 3.05) is 4.90 Å². The number of benzene rings is 11. The van der Waals surface area contributed by atoms with E-state index < -0.39 is 5.41 Å². The fourth-order valence-electron chi connectivity index (χ4n) is 11.8. The Bertz CT molecular complexity index is 3910. The highest BCUT2D eigenvalue weighted by Crippen LogP contribution is 2.63. The van der Waals surface area contributed by atoms with E-state index in [1.165, 1.54) is 66.8 Å². The molecule has 12 aromatic rings. The van der Waals surface area contributed by atoms with Crippen molar-refractivity contribution in [1.29, 1.82) is 0 Å². The highest BCUT2D eigenvalue weighted by molar-refractivity contribution is 6.14. The first-order valence-corrected chi connectivity index (χ1v) is 23.8. The van der Waals surface area contributed by atoms with Crippen molar-refractivity contribution in [2.24, 2.45) is 0 Å². The molecule has 0 atom stereocenters. The molecule has 0 unspecified atom stereocenters. The van der Waals surface area contributed by atoms with Crippen molar-refractivity contribution in [3.8, 4) is 66.8 Å². The van der Waals surface area contributed by atoms with Gasteiger partial charge in [-0.3, -0.25) is 0 Å². The molecular formula is C67H43NO. The molecule has 0 saturated carbocycles. The van der Waals surface area contributed by atoms with Crippen LogP contribution in [0.3, 0.4) is 0 Å². The molecule has 0 N–H and O–H groups in total. The molecule has 0 radical (unpaired) electrons. The third-order valence-corrected chi connectivity index (χ3v) is 14.7. The summed E-state index contributed by atoms with van der Waals surface area (Å²) in [7, 11) is 0. The largest absolute Gasteiger partial charge is 0.456 e. The van der Waals surface area contributed by atoms with Crippen molar-refractivity contribution in [2.45, 2.75) is 5.41 Å². The van der Waals surface area contributed by atoms with Gasteiger partial charge in [-0.2, -0.15) is 0 Å². The lowest BCUT2D eigenvalue weighted by Crippen LogP contribution is -2.26. The SMILES string of the molecule is c1ccc(-c2ccc(-c3cccc(N(c4ccc5c(c4)C4(c6ccccc6-c6ccccc64)c4ccccc4-5)c4ccccc4-c4cccc5oc6ccccc6c45)c3)cc2-c2ccccc2)cc1. The van der Waals surface area contributed by atoms with Gasteiger partial charge in [0.2, 0.25) is 0 Å². The Morgan fingerprint density at radius 1 is 0.275 bits per heavy atom. The summed E-state index contributed by atoms with van der Waals surface area (Å²) < 4.78 is 6.51. The molecule has 2 aliphatic rings. The topological polar surface area (TPSA) is 16.4 Å². The van der Waals surface area contributed by atoms with Crippen LogP contribution in [0.1, 0.15) is 22.3 Å². The Morgan fingerprint density at radius 2 is 0.768 bits per heavy atom. The van der Waals surface area contributed by atoms with Gasteiger partial charge in [-0.05, 0) is 132 Å². The number of para-hydroxylation sites is 2. The van der Waals surface area contributed by atoms with Gasteiger partial charge in [-0.1, -0.05) is 212 Å². The maximum absolute atomic E-state index is 6.51. The van der Waals surface area contributed by atoms with Crippen molar-refractivity contribution < 1.29 is 4.42 Å². The average molecular weight is 878 g/mol. The lowest BCUT2D eigenvalue weighted by atomic mass is 9.70. The zero-order valence-electron chi connectivity index (χ0n) is 37.7. The van der Waals surface area contributed by atoms with Gasteiger partial charge in [0.1, 0.15) is 11.2 Å². The number of rotatable bonds is 7. The normalized spacial score (nSPS) is 12.8. The summed E-state index contributed by atoms with van der Waals surface area (Å²) in [5.41, 5.74) is 24.3. The third kappa shape index (κ3) is 5.92. The van der Waals surface area contributed by atoms with E-state index in [4.69, 9.17) is 4.42 Å². The molecule has 0 fully saturated rings. The van der Waals surface area contributed by atoms with E-state index in [0.717, 1.165) is 61.3 Å². The van der Waals surface area contributed by atoms with E-state index >= 15 is 0 Å². The van der Waals surface area contributed by atoms with E-state index in [-0.39, 0.29) is 0 Å². The number of anilines is 3. The van der Waals surface area contributed by atoms with E-state index in [9.17, 15) is 0 Å². The molecule has 2 nitrogen and oxygen atoms in total. The smallest absolute Gasteiger partial charge is 0.136 e. The minimum Gasteiger partial charge on any atom is -0.456 e. The molecule has 0 bridgehead atoms. The third-order valence-electron chi connectivity index (χ3n) is 14.7. The fraction of sp³-hybridized carbons (Fsp3) is 0.0149. The molecule has 69 heavy (non-hydrogen) atoms. The van der Waals surface area contributed by atoms with Crippen LogP contribution in [0, 0.1) is 0 Å². The summed E-state index contributed by atoms with van der Waals surface area (Å²) in [5, 5.41) is 2.22. The number of hydrogen-bond acceptors (Lipinski definition) is 2. The van der Waals surface area contributed by atoms with Crippen LogP contribution < -0.4 is 4.90 Å². The number of furan rings is 1. The zero-order valence-corrected chi connectivity index (χ0v) is 37.7. The van der Waals surface area contributed by atoms with Crippen LogP contribution in [-0.2, 0) is 5.41 Å². The van der Waals surface area contributed by atoms with Gasteiger partial charge in [0.25, 0.3) is 0 Å². The van der Waals surface area contributed by atoms with Gasteiger partial charge < -0.3 is 9.32 Å². The van der Waals surface area contributed by atoms with E-state index in [0.29, 0.717) is 0 Å². The minimum absolute atomic E-state index is 0.488. The molecule has 322 valence electrons. The van der Waals surface area contributed by atoms with Gasteiger partial charge in [0.15, 0.2) is 0 Å². The molecular weight excluding hydrogens is 835 g/mol. The predicted octanol–water partition coefficient (Wildman–Crippen LogP) is 18.1. The molecule has 2 aliphatic carbocycles. The zero-order chi connectivity index (χ0) is 45.5. The van der Waals surface area contributed by atoms with Gasteiger partial charge in [0, 0.05) is 27.7 Å². The van der Waals surface area contributed by atoms with Crippen molar-refractivity contribution in [1.82, 2.24) is 0 Å². The first-order valence-electron chi connectivity index (χ1n) is 23.8. The van der Waals surface area contributed by atoms with Crippen molar-refractivity contribution >= 4 is 39.0 Å². The van der Waals surface area contributed by atoms with Gasteiger partial charge in [0.05, 0.1) is 11.1 Å². The number of fused-ring (bicyclic) bond motifs is 13. The van der Waals surface area contributed by atoms with Crippen LogP contribution in [0.25, 0.3) is 88.7 Å². The molecule has 14 rings (SSSR count). The highest BCUT2D eigenvalue weighted by atomic mass is 16.3. The molecule has 1 spiro atoms. The summed E-state index contributed by atoms with van der Waals surface area (Å²) in [6.45, 7) is 0. The van der Waals surface area contributed by atoms with Crippen molar-refractivity contribution in [3.05, 3.63) is 283 Å². The molecule has 1 heterocycles. The van der Waals surface area contributed by atoms with Crippen LogP contribution >= 0.6 is 0 Å². The van der Waals surface area contributed by atoms with Gasteiger partial charge in [-0.25, -0.2) is 0 Å². The van der Waals surface area contributed by atoms with E-state index in [1.807, 2.05) is 6.07 Å². The van der Waals surface area contributed by atoms with Gasteiger partial charge in [-0.15, -0.1) is 0 Å². The second-order valence-corrected chi connectivity index (χ2v) is 18.3. The first kappa shape index (κ1) is 39.2. The second kappa shape index (κ2) is 15.6. The van der Waals surface area contributed by atoms with Crippen LogP contribution in [0.5, 0.6) is 0 Å². The first-order chi connectivity index (χ1) is 34.2. The van der Waals surface area contributed by atoms with Crippen LogP contribution in [0.4, 0.5) is 17.1 Å². The summed E-state index contributed by atoms with van der Waals surface area (Å²) in [6.07, 6.45) is 0. The van der Waals surface area contributed by atoms with E-state index in [2.05, 4.69) is 260 Å². The van der Waals surface area contributed by atoms with Crippen LogP contribution in [0.2, 0.25) is 0 Å². The maximum Gasteiger partial charge on any atom is 0.136 e. The quantitative estimate of drug-likeness (QED) is 0.159. The molecule has 11 aromatic carbocycles. The van der Waals surface area contributed by atoms with Crippen LogP contribution in [-0.4, -0.2) is 0 Å². The Labute approximate surface area is 401 Å². The minimum atomic E-state index is -0.488. The number of hydrogen-bond donors (Lipinski definition) is 0. The second-order valence-electron chi connectivity index (χ2n) is 18.3. The standard InChI is InChI=1S/C67H43NO/c1-3-19-44(20-4-1)50-39-37-47(42-58(50)45-21-5-2-6-22-45)46-23-17-24-48(41-46)68(63-34-15-10-28-55(63)56-30-18-36-65-66(56)57-29-11-16-35-64(57)69-65)49-38-40-54-53-27-9-14-33-61(53)67(62(54)43-49)59-31-12-7-25-51(59)52-26-8-13-32-60(52)67/h1-43H. The summed E-state index contributed by atoms with van der Waals surface area (Å²) in [4.78, 5) is 2.49. The lowest BCUT2D eigenvalue weighted by Gasteiger charge is -2.33. The Morgan fingerprint density at radius 3 is 1.48 bits per heavy atom. The van der Waals surface area contributed by atoms with Gasteiger partial charge >= 0.3 is 0 Å². The molecule has 0 amide bonds. The van der Waals surface area contributed by atoms with Crippen molar-refractivity contribution in [3.63, 3.8) is 0 Å². The van der Waals surface area contributed by atoms with Crippen LogP contribution in [0.15, 0.2) is 265 Å². The number of nitrogens with zero attached hydrogens (tertiary/aromatic N) is 1.